The lowest BCUT2D eigenvalue weighted by atomic mass is 9.65. The molecule has 0 unspecified atom stereocenters. The van der Waals surface area contributed by atoms with Crippen LogP contribution in [0.4, 0.5) is 4.79 Å². The van der Waals surface area contributed by atoms with Crippen LogP contribution < -0.4 is 5.32 Å². The molecule has 3 rings (SSSR count). The van der Waals surface area contributed by atoms with Crippen molar-refractivity contribution in [1.82, 2.24) is 10.2 Å². The molecule has 3 aliphatic rings. The van der Waals surface area contributed by atoms with Gasteiger partial charge >= 0.3 is 6.03 Å². The zero-order valence-electron chi connectivity index (χ0n) is 10.3. The predicted octanol–water partition coefficient (Wildman–Crippen LogP) is 0.412. The van der Waals surface area contributed by atoms with Gasteiger partial charge in [-0.3, -0.25) is 19.8 Å². The lowest BCUT2D eigenvalue weighted by Gasteiger charge is -2.49. The van der Waals surface area contributed by atoms with Gasteiger partial charge in [-0.05, 0) is 25.7 Å². The molecule has 6 nitrogen and oxygen atoms in total. The predicted molar refractivity (Wildman–Crippen MR) is 60.5 cm³/mol. The van der Waals surface area contributed by atoms with Crippen LogP contribution in [-0.4, -0.2) is 42.0 Å². The summed E-state index contributed by atoms with van der Waals surface area (Å²) in [4.78, 5) is 37.2. The fourth-order valence-corrected chi connectivity index (χ4v) is 2.94. The molecule has 1 heterocycles. The second-order valence-corrected chi connectivity index (χ2v) is 5.35. The molecule has 1 saturated heterocycles. The molecular formula is C12H16N2O4. The standard InChI is InChI=1S/C12H16N2O4/c1-18-8-5-7(6-8)14-10(16)12(3-2-4-12)9(15)13-11(14)17/h7-8H,2-6H2,1H3,(H,13,15,17). The third-order valence-electron chi connectivity index (χ3n) is 4.48. The molecular weight excluding hydrogens is 236 g/mol. The maximum Gasteiger partial charge on any atom is 0.331 e. The Morgan fingerprint density at radius 2 is 1.94 bits per heavy atom. The Balaban J connectivity index is 1.79. The van der Waals surface area contributed by atoms with E-state index in [1.54, 1.807) is 7.11 Å². The monoisotopic (exact) mass is 252 g/mol. The van der Waals surface area contributed by atoms with Crippen LogP contribution >= 0.6 is 0 Å². The fourth-order valence-electron chi connectivity index (χ4n) is 2.94. The summed E-state index contributed by atoms with van der Waals surface area (Å²) in [5.41, 5.74) is -0.952. The van der Waals surface area contributed by atoms with E-state index in [4.69, 9.17) is 4.74 Å². The van der Waals surface area contributed by atoms with E-state index in [9.17, 15) is 14.4 Å². The molecule has 4 amide bonds. The molecule has 98 valence electrons. The number of nitrogens with zero attached hydrogens (tertiary/aromatic N) is 1. The first kappa shape index (κ1) is 11.6. The van der Waals surface area contributed by atoms with Crippen LogP contribution in [0, 0.1) is 5.41 Å². The summed E-state index contributed by atoms with van der Waals surface area (Å²) in [6.07, 6.45) is 3.43. The van der Waals surface area contributed by atoms with E-state index in [-0.39, 0.29) is 18.1 Å². The molecule has 2 saturated carbocycles. The molecule has 3 fully saturated rings. The molecule has 0 bridgehead atoms. The van der Waals surface area contributed by atoms with E-state index in [2.05, 4.69) is 5.32 Å². The van der Waals surface area contributed by atoms with E-state index in [0.29, 0.717) is 25.7 Å². The van der Waals surface area contributed by atoms with E-state index < -0.39 is 17.4 Å². The van der Waals surface area contributed by atoms with Crippen LogP contribution in [-0.2, 0) is 14.3 Å². The highest BCUT2D eigenvalue weighted by atomic mass is 16.5. The van der Waals surface area contributed by atoms with Gasteiger partial charge < -0.3 is 4.74 Å². The van der Waals surface area contributed by atoms with Crippen LogP contribution in [0.5, 0.6) is 0 Å². The Morgan fingerprint density at radius 1 is 1.28 bits per heavy atom. The van der Waals surface area contributed by atoms with Crippen molar-refractivity contribution in [3.8, 4) is 0 Å². The van der Waals surface area contributed by atoms with E-state index in [0.717, 1.165) is 6.42 Å². The van der Waals surface area contributed by atoms with Gasteiger partial charge in [-0.1, -0.05) is 6.42 Å². The third kappa shape index (κ3) is 1.35. The van der Waals surface area contributed by atoms with Crippen molar-refractivity contribution in [2.75, 3.05) is 7.11 Å². The zero-order valence-corrected chi connectivity index (χ0v) is 10.3. The highest BCUT2D eigenvalue weighted by molar-refractivity contribution is 6.19. The molecule has 0 aromatic carbocycles. The maximum atomic E-state index is 12.4. The number of carbonyl (C=O) groups is 3. The van der Waals surface area contributed by atoms with Gasteiger partial charge in [-0.25, -0.2) is 4.79 Å². The minimum Gasteiger partial charge on any atom is -0.381 e. The summed E-state index contributed by atoms with van der Waals surface area (Å²) < 4.78 is 5.15. The smallest absolute Gasteiger partial charge is 0.331 e. The van der Waals surface area contributed by atoms with E-state index >= 15 is 0 Å². The summed E-state index contributed by atoms with van der Waals surface area (Å²) in [6, 6.07) is -0.685. The number of methoxy groups -OCH3 is 1. The molecule has 0 atom stereocenters. The highest BCUT2D eigenvalue weighted by Crippen LogP contribution is 2.46. The first-order chi connectivity index (χ1) is 8.58. The van der Waals surface area contributed by atoms with Crippen LogP contribution in [0.3, 0.4) is 0 Å². The first-order valence-corrected chi connectivity index (χ1v) is 6.30. The van der Waals surface area contributed by atoms with Crippen molar-refractivity contribution in [3.05, 3.63) is 0 Å². The van der Waals surface area contributed by atoms with Crippen LogP contribution in [0.1, 0.15) is 32.1 Å². The molecule has 0 aromatic rings. The summed E-state index contributed by atoms with van der Waals surface area (Å²) in [5, 5.41) is 2.32. The average Bonchev–Trinajstić information content (AvgIpc) is 2.18. The first-order valence-electron chi connectivity index (χ1n) is 6.30. The van der Waals surface area contributed by atoms with Gasteiger partial charge in [0, 0.05) is 13.2 Å². The Kier molecular flexibility index (Phi) is 2.45. The lowest BCUT2D eigenvalue weighted by Crippen LogP contribution is -2.69. The summed E-state index contributed by atoms with van der Waals surface area (Å²) >= 11 is 0. The minimum absolute atomic E-state index is 0.116. The second-order valence-electron chi connectivity index (χ2n) is 5.35. The van der Waals surface area contributed by atoms with Gasteiger partial charge in [0.1, 0.15) is 5.41 Å². The van der Waals surface area contributed by atoms with E-state index in [1.165, 1.54) is 4.90 Å². The molecule has 1 spiro atoms. The van der Waals surface area contributed by atoms with Gasteiger partial charge in [0.2, 0.25) is 11.8 Å². The zero-order chi connectivity index (χ0) is 12.9. The minimum atomic E-state index is -0.952. The molecule has 18 heavy (non-hydrogen) atoms. The molecule has 0 aromatic heterocycles. The largest absolute Gasteiger partial charge is 0.381 e. The van der Waals surface area contributed by atoms with Gasteiger partial charge in [0.05, 0.1) is 6.10 Å². The second kappa shape index (κ2) is 3.78. The normalized spacial score (nSPS) is 34.1. The van der Waals surface area contributed by atoms with E-state index in [1.807, 2.05) is 0 Å². The number of hydrogen-bond acceptors (Lipinski definition) is 4. The fraction of sp³-hybridized carbons (Fsp3) is 0.750. The highest BCUT2D eigenvalue weighted by Gasteiger charge is 2.59. The van der Waals surface area contributed by atoms with Gasteiger partial charge in [0.15, 0.2) is 0 Å². The molecule has 2 aliphatic carbocycles. The summed E-state index contributed by atoms with van der Waals surface area (Å²) in [6.45, 7) is 0. The molecule has 1 aliphatic heterocycles. The Hall–Kier alpha value is -1.43. The number of amides is 4. The number of nitrogens with one attached hydrogen (secondary N) is 1. The summed E-state index contributed by atoms with van der Waals surface area (Å²) in [5.74, 6) is -0.718. The lowest BCUT2D eigenvalue weighted by molar-refractivity contribution is -0.162. The van der Waals surface area contributed by atoms with Gasteiger partial charge in [0.25, 0.3) is 0 Å². The number of urea groups is 1. The number of barbiturate groups is 1. The number of ether oxygens (including phenoxy) is 1. The molecule has 1 N–H and O–H groups in total. The van der Waals surface area contributed by atoms with Crippen LogP contribution in [0.2, 0.25) is 0 Å². The van der Waals surface area contributed by atoms with Crippen LogP contribution in [0.25, 0.3) is 0 Å². The number of carbonyl (C=O) groups excluding carboxylic acids is 3. The van der Waals surface area contributed by atoms with Crippen LogP contribution in [0.15, 0.2) is 0 Å². The summed E-state index contributed by atoms with van der Waals surface area (Å²) in [7, 11) is 1.62. The maximum absolute atomic E-state index is 12.4. The van der Waals surface area contributed by atoms with Crippen molar-refractivity contribution in [2.45, 2.75) is 44.2 Å². The Bertz CT molecular complexity index is 424. The van der Waals surface area contributed by atoms with Gasteiger partial charge in [-0.15, -0.1) is 0 Å². The van der Waals surface area contributed by atoms with Crippen molar-refractivity contribution in [1.29, 1.82) is 0 Å². The van der Waals surface area contributed by atoms with Crippen molar-refractivity contribution in [3.63, 3.8) is 0 Å². The number of rotatable bonds is 2. The topological polar surface area (TPSA) is 75.7 Å². The Labute approximate surface area is 105 Å². The number of imide groups is 2. The molecule has 6 heteroatoms. The Morgan fingerprint density at radius 3 is 2.44 bits per heavy atom. The third-order valence-corrected chi connectivity index (χ3v) is 4.48. The molecule has 0 radical (unpaired) electrons. The SMILES string of the molecule is COC1CC(N2C(=O)NC(=O)C3(CCC3)C2=O)C1. The number of hydrogen-bond donors (Lipinski definition) is 1. The average molecular weight is 252 g/mol. The van der Waals surface area contributed by atoms with Gasteiger partial charge in [-0.2, -0.15) is 0 Å². The quantitative estimate of drug-likeness (QED) is 0.722. The van der Waals surface area contributed by atoms with Crippen molar-refractivity contribution >= 4 is 17.8 Å². The van der Waals surface area contributed by atoms with Crippen molar-refractivity contribution in [2.24, 2.45) is 5.41 Å². The van der Waals surface area contributed by atoms with Crippen molar-refractivity contribution < 1.29 is 19.1 Å².